The van der Waals surface area contributed by atoms with Gasteiger partial charge in [0.05, 0.1) is 6.42 Å². The lowest BCUT2D eigenvalue weighted by molar-refractivity contribution is -0.143. The number of carbonyl (C=O) groups is 4. The Morgan fingerprint density at radius 1 is 0.792 bits per heavy atom. The number of nitrogens with one attached hydrogen (secondary N) is 1. The van der Waals surface area contributed by atoms with E-state index in [1.54, 1.807) is 0 Å². The SMILES string of the molecule is O=C(O)CCOC(=O)NCCCCCCCC(=O)COCC(=O)O. The molecule has 0 fully saturated rings. The summed E-state index contributed by atoms with van der Waals surface area (Å²) in [6.45, 7) is -0.322. The number of unbranched alkanes of at least 4 members (excludes halogenated alkanes) is 4. The zero-order chi connectivity index (χ0) is 18.2. The van der Waals surface area contributed by atoms with Crippen molar-refractivity contribution in [3.8, 4) is 0 Å². The molecule has 0 saturated carbocycles. The minimum Gasteiger partial charge on any atom is -0.481 e. The summed E-state index contributed by atoms with van der Waals surface area (Å²) in [5.41, 5.74) is 0. The van der Waals surface area contributed by atoms with Gasteiger partial charge in [0, 0.05) is 13.0 Å². The second-order valence-corrected chi connectivity index (χ2v) is 5.15. The molecule has 138 valence electrons. The van der Waals surface area contributed by atoms with E-state index in [1.165, 1.54) is 0 Å². The van der Waals surface area contributed by atoms with Gasteiger partial charge in [-0.15, -0.1) is 0 Å². The predicted octanol–water partition coefficient (Wildman–Crippen LogP) is 1.20. The highest BCUT2D eigenvalue weighted by Gasteiger charge is 2.05. The van der Waals surface area contributed by atoms with Crippen LogP contribution in [0.3, 0.4) is 0 Å². The van der Waals surface area contributed by atoms with E-state index in [0.29, 0.717) is 13.0 Å². The van der Waals surface area contributed by atoms with Crippen LogP contribution in [-0.2, 0) is 23.9 Å². The second kappa shape index (κ2) is 14.4. The first-order chi connectivity index (χ1) is 11.4. The van der Waals surface area contributed by atoms with Crippen molar-refractivity contribution in [2.75, 3.05) is 26.4 Å². The molecule has 0 aromatic heterocycles. The van der Waals surface area contributed by atoms with Crippen LogP contribution in [0.15, 0.2) is 0 Å². The van der Waals surface area contributed by atoms with E-state index in [-0.39, 0.29) is 25.4 Å². The number of ketones is 1. The Morgan fingerprint density at radius 2 is 1.46 bits per heavy atom. The van der Waals surface area contributed by atoms with Crippen LogP contribution in [-0.4, -0.2) is 60.4 Å². The van der Waals surface area contributed by atoms with E-state index in [4.69, 9.17) is 14.9 Å². The van der Waals surface area contributed by atoms with Gasteiger partial charge in [-0.2, -0.15) is 0 Å². The first-order valence-electron chi connectivity index (χ1n) is 7.85. The van der Waals surface area contributed by atoms with Crippen LogP contribution in [0.5, 0.6) is 0 Å². The maximum absolute atomic E-state index is 11.3. The standard InChI is InChI=1S/C15H25NO8/c17-12(10-23-11-14(20)21)6-4-2-1-3-5-8-16-15(22)24-9-7-13(18)19/h1-11H2,(H,16,22)(H,18,19)(H,20,21). The van der Waals surface area contributed by atoms with E-state index >= 15 is 0 Å². The lowest BCUT2D eigenvalue weighted by Crippen LogP contribution is -2.26. The summed E-state index contributed by atoms with van der Waals surface area (Å²) >= 11 is 0. The largest absolute Gasteiger partial charge is 0.481 e. The Labute approximate surface area is 140 Å². The number of hydrogen-bond donors (Lipinski definition) is 3. The molecule has 0 radical (unpaired) electrons. The van der Waals surface area contributed by atoms with Crippen LogP contribution in [0.4, 0.5) is 4.79 Å². The average molecular weight is 347 g/mol. The van der Waals surface area contributed by atoms with Gasteiger partial charge in [0.2, 0.25) is 0 Å². The average Bonchev–Trinajstić information content (AvgIpc) is 2.49. The maximum Gasteiger partial charge on any atom is 0.407 e. The third-order valence-corrected chi connectivity index (χ3v) is 2.94. The van der Waals surface area contributed by atoms with Gasteiger partial charge in [-0.1, -0.05) is 19.3 Å². The second-order valence-electron chi connectivity index (χ2n) is 5.15. The smallest absolute Gasteiger partial charge is 0.407 e. The summed E-state index contributed by atoms with van der Waals surface area (Å²) in [6, 6.07) is 0. The molecule has 9 heteroatoms. The third-order valence-electron chi connectivity index (χ3n) is 2.94. The molecule has 0 unspecified atom stereocenters. The highest BCUT2D eigenvalue weighted by atomic mass is 16.5. The molecular weight excluding hydrogens is 322 g/mol. The number of carboxylic acids is 2. The van der Waals surface area contributed by atoms with E-state index in [0.717, 1.165) is 32.1 Å². The van der Waals surface area contributed by atoms with Crippen LogP contribution < -0.4 is 5.32 Å². The summed E-state index contributed by atoms with van der Waals surface area (Å²) in [5, 5.41) is 19.3. The predicted molar refractivity (Wildman–Crippen MR) is 82.8 cm³/mol. The van der Waals surface area contributed by atoms with Crippen molar-refractivity contribution in [1.82, 2.24) is 5.32 Å². The molecule has 1 amide bonds. The molecule has 9 nitrogen and oxygen atoms in total. The van der Waals surface area contributed by atoms with Crippen molar-refractivity contribution in [1.29, 1.82) is 0 Å². The van der Waals surface area contributed by atoms with Crippen molar-refractivity contribution in [2.45, 2.75) is 44.9 Å². The Kier molecular flexibility index (Phi) is 13.1. The van der Waals surface area contributed by atoms with E-state index < -0.39 is 24.6 Å². The maximum atomic E-state index is 11.3. The molecule has 0 aliphatic heterocycles. The summed E-state index contributed by atoms with van der Waals surface area (Å²) in [5.74, 6) is -2.22. The molecule has 0 aromatic rings. The molecule has 0 saturated heterocycles. The molecule has 0 rings (SSSR count). The monoisotopic (exact) mass is 347 g/mol. The van der Waals surface area contributed by atoms with E-state index in [2.05, 4.69) is 10.1 Å². The van der Waals surface area contributed by atoms with Crippen molar-refractivity contribution in [3.63, 3.8) is 0 Å². The van der Waals surface area contributed by atoms with Gasteiger partial charge in [0.15, 0.2) is 5.78 Å². The van der Waals surface area contributed by atoms with E-state index in [1.807, 2.05) is 0 Å². The number of amides is 1. The Hall–Kier alpha value is -2.16. The molecule has 0 heterocycles. The number of rotatable bonds is 15. The minimum absolute atomic E-state index is 0.109. The van der Waals surface area contributed by atoms with Crippen LogP contribution in [0.2, 0.25) is 0 Å². The van der Waals surface area contributed by atoms with Gasteiger partial charge in [-0.3, -0.25) is 9.59 Å². The van der Waals surface area contributed by atoms with Crippen LogP contribution >= 0.6 is 0 Å². The zero-order valence-electron chi connectivity index (χ0n) is 13.6. The van der Waals surface area contributed by atoms with Gasteiger partial charge in [0.1, 0.15) is 19.8 Å². The fourth-order valence-corrected chi connectivity index (χ4v) is 1.77. The van der Waals surface area contributed by atoms with Crippen LogP contribution in [0.1, 0.15) is 44.9 Å². The van der Waals surface area contributed by atoms with Gasteiger partial charge in [0.25, 0.3) is 0 Å². The number of hydrogen-bond acceptors (Lipinski definition) is 6. The Bertz CT molecular complexity index is 372. The van der Waals surface area contributed by atoms with Crippen LogP contribution in [0.25, 0.3) is 0 Å². The number of aliphatic carboxylic acids is 2. The highest BCUT2D eigenvalue weighted by Crippen LogP contribution is 2.05. The zero-order valence-corrected chi connectivity index (χ0v) is 13.6. The number of alkyl carbamates (subject to hydrolysis) is 1. The molecule has 0 aliphatic rings. The fraction of sp³-hybridized carbons (Fsp3) is 0.733. The lowest BCUT2D eigenvalue weighted by Gasteiger charge is -2.06. The lowest BCUT2D eigenvalue weighted by atomic mass is 10.1. The molecule has 0 spiro atoms. The number of carboxylic acid groups (broad SMARTS) is 2. The van der Waals surface area contributed by atoms with Crippen molar-refractivity contribution < 1.29 is 38.9 Å². The fourth-order valence-electron chi connectivity index (χ4n) is 1.77. The topological polar surface area (TPSA) is 139 Å². The minimum atomic E-state index is -1.10. The number of Topliss-reactive ketones (excluding diaryl/α,β-unsaturated/α-hetero) is 1. The first-order valence-corrected chi connectivity index (χ1v) is 7.85. The molecular formula is C15H25NO8. The molecule has 3 N–H and O–H groups in total. The summed E-state index contributed by atoms with van der Waals surface area (Å²) in [4.78, 5) is 42.9. The van der Waals surface area contributed by atoms with Gasteiger partial charge in [-0.05, 0) is 12.8 Å². The Balaban J connectivity index is 3.32. The van der Waals surface area contributed by atoms with Crippen molar-refractivity contribution in [3.05, 3.63) is 0 Å². The molecule has 24 heavy (non-hydrogen) atoms. The molecule has 0 atom stereocenters. The highest BCUT2D eigenvalue weighted by molar-refractivity contribution is 5.80. The number of carbonyl (C=O) groups excluding carboxylic acids is 2. The quantitative estimate of drug-likeness (QED) is 0.375. The summed E-state index contributed by atoms with van der Waals surface area (Å²) in [7, 11) is 0. The number of ether oxygens (including phenoxy) is 2. The van der Waals surface area contributed by atoms with Gasteiger partial charge < -0.3 is 25.0 Å². The summed E-state index contributed by atoms with van der Waals surface area (Å²) < 4.78 is 9.35. The van der Waals surface area contributed by atoms with E-state index in [9.17, 15) is 19.2 Å². The van der Waals surface area contributed by atoms with Crippen molar-refractivity contribution in [2.24, 2.45) is 0 Å². The van der Waals surface area contributed by atoms with Gasteiger partial charge in [-0.25, -0.2) is 9.59 Å². The van der Waals surface area contributed by atoms with Crippen molar-refractivity contribution >= 4 is 23.8 Å². The molecule has 0 bridgehead atoms. The first kappa shape index (κ1) is 21.8. The molecule has 0 aromatic carbocycles. The van der Waals surface area contributed by atoms with Crippen LogP contribution in [0, 0.1) is 0 Å². The Morgan fingerprint density at radius 3 is 2.12 bits per heavy atom. The van der Waals surface area contributed by atoms with Gasteiger partial charge >= 0.3 is 18.0 Å². The third kappa shape index (κ3) is 16.2. The summed E-state index contributed by atoms with van der Waals surface area (Å²) in [6.07, 6.45) is 3.69. The molecule has 0 aliphatic carbocycles. The normalized spacial score (nSPS) is 10.2.